The van der Waals surface area contributed by atoms with Crippen molar-refractivity contribution in [2.75, 3.05) is 26.7 Å². The van der Waals surface area contributed by atoms with Gasteiger partial charge in [-0.1, -0.05) is 41.9 Å². The van der Waals surface area contributed by atoms with Crippen LogP contribution >= 0.6 is 25.1 Å². The third-order valence-electron chi connectivity index (χ3n) is 4.69. The minimum atomic E-state index is 0. The summed E-state index contributed by atoms with van der Waals surface area (Å²) in [6, 6.07) is 17.4. The normalized spacial score (nSPS) is 15.4. The van der Waals surface area contributed by atoms with Gasteiger partial charge in [0.15, 0.2) is 0 Å². The third kappa shape index (κ3) is 5.00. The molecule has 0 unspecified atom stereocenters. The lowest BCUT2D eigenvalue weighted by molar-refractivity contribution is 0.0696. The second-order valence-corrected chi connectivity index (χ2v) is 6.79. The highest BCUT2D eigenvalue weighted by molar-refractivity contribution is 7.59. The first-order valence-electron chi connectivity index (χ1n) is 8.45. The maximum Gasteiger partial charge on any atom is 0.254 e. The molecule has 0 radical (unpaired) electrons. The van der Waals surface area contributed by atoms with Crippen LogP contribution in [0.1, 0.15) is 34.8 Å². The number of benzene rings is 2. The van der Waals surface area contributed by atoms with Gasteiger partial charge in [-0.2, -0.15) is 13.5 Å². The van der Waals surface area contributed by atoms with Crippen LogP contribution in [-0.2, 0) is 0 Å². The van der Waals surface area contributed by atoms with Gasteiger partial charge in [0, 0.05) is 24.2 Å². The van der Waals surface area contributed by atoms with Crippen LogP contribution < -0.4 is 0 Å². The van der Waals surface area contributed by atoms with Crippen molar-refractivity contribution in [1.29, 1.82) is 0 Å². The molecule has 1 fully saturated rings. The fourth-order valence-electron chi connectivity index (χ4n) is 3.27. The smallest absolute Gasteiger partial charge is 0.254 e. The topological polar surface area (TPSA) is 23.6 Å². The molecular weight excluding hydrogens is 352 g/mol. The molecule has 0 aliphatic carbocycles. The van der Waals surface area contributed by atoms with Crippen LogP contribution in [0.15, 0.2) is 54.6 Å². The summed E-state index contributed by atoms with van der Waals surface area (Å²) in [7, 11) is 1.89. The summed E-state index contributed by atoms with van der Waals surface area (Å²) in [4.78, 5) is 17.2. The zero-order chi connectivity index (χ0) is 16.9. The zero-order valence-electron chi connectivity index (χ0n) is 14.5. The lowest BCUT2D eigenvalue weighted by Crippen LogP contribution is -2.38. The summed E-state index contributed by atoms with van der Waals surface area (Å²) in [5, 5.41) is 0.644. The van der Waals surface area contributed by atoms with E-state index in [1.165, 1.54) is 18.4 Å². The van der Waals surface area contributed by atoms with Crippen LogP contribution in [0.5, 0.6) is 0 Å². The van der Waals surface area contributed by atoms with Gasteiger partial charge in [0.1, 0.15) is 0 Å². The van der Waals surface area contributed by atoms with E-state index in [-0.39, 0.29) is 25.4 Å². The molecular formula is C20H25ClN2OS. The largest absolute Gasteiger partial charge is 0.333 e. The summed E-state index contributed by atoms with van der Waals surface area (Å²) in [6.45, 7) is 3.11. The molecule has 1 aliphatic rings. The van der Waals surface area contributed by atoms with Crippen LogP contribution in [0.4, 0.5) is 0 Å². The Hall–Kier alpha value is -1.49. The standard InChI is InChI=1S/C20H23ClN2O.H2S/c1-22(20(24)17-9-11-18(21)12-10-17)19(15-23-13-5-6-14-23)16-7-3-2-4-8-16;/h2-4,7-12,19H,5-6,13-15H2,1H3;1H2/t19-;/m1./s1. The lowest BCUT2D eigenvalue weighted by atomic mass is 10.0. The summed E-state index contributed by atoms with van der Waals surface area (Å²) >= 11 is 5.94. The minimum Gasteiger partial charge on any atom is -0.333 e. The van der Waals surface area contributed by atoms with Crippen LogP contribution in [0, 0.1) is 0 Å². The number of carbonyl (C=O) groups excluding carboxylic acids is 1. The number of carbonyl (C=O) groups is 1. The Morgan fingerprint density at radius 2 is 1.68 bits per heavy atom. The number of likely N-dealkylation sites (tertiary alicyclic amines) is 1. The average Bonchev–Trinajstić information content (AvgIpc) is 3.13. The van der Waals surface area contributed by atoms with E-state index in [1.54, 1.807) is 24.3 Å². The van der Waals surface area contributed by atoms with Crippen LogP contribution in [0.2, 0.25) is 5.02 Å². The molecule has 2 aromatic rings. The van der Waals surface area contributed by atoms with E-state index in [9.17, 15) is 4.79 Å². The highest BCUT2D eigenvalue weighted by Crippen LogP contribution is 2.24. The van der Waals surface area contributed by atoms with Crippen molar-refractivity contribution in [3.8, 4) is 0 Å². The van der Waals surface area contributed by atoms with Crippen molar-refractivity contribution in [2.24, 2.45) is 0 Å². The van der Waals surface area contributed by atoms with Crippen molar-refractivity contribution in [2.45, 2.75) is 18.9 Å². The number of rotatable bonds is 5. The first-order valence-corrected chi connectivity index (χ1v) is 8.83. The van der Waals surface area contributed by atoms with Gasteiger partial charge in [-0.15, -0.1) is 0 Å². The van der Waals surface area contributed by atoms with E-state index in [0.717, 1.165) is 19.6 Å². The number of hydrogen-bond donors (Lipinski definition) is 0. The van der Waals surface area contributed by atoms with Crippen molar-refractivity contribution in [1.82, 2.24) is 9.80 Å². The summed E-state index contributed by atoms with van der Waals surface area (Å²) in [5.74, 6) is 0.0275. The number of amides is 1. The maximum absolute atomic E-state index is 12.9. The van der Waals surface area contributed by atoms with E-state index in [4.69, 9.17) is 11.6 Å². The van der Waals surface area contributed by atoms with Gasteiger partial charge in [0.2, 0.25) is 0 Å². The van der Waals surface area contributed by atoms with Gasteiger partial charge >= 0.3 is 0 Å². The lowest BCUT2D eigenvalue weighted by Gasteiger charge is -2.32. The predicted octanol–water partition coefficient (Wildman–Crippen LogP) is 4.36. The molecule has 134 valence electrons. The second kappa shape index (κ2) is 9.27. The SMILES string of the molecule is CN(C(=O)c1ccc(Cl)cc1)[C@H](CN1CCCC1)c1ccccc1.S. The van der Waals surface area contributed by atoms with Gasteiger partial charge in [-0.25, -0.2) is 0 Å². The van der Waals surface area contributed by atoms with Crippen LogP contribution in [-0.4, -0.2) is 42.4 Å². The van der Waals surface area contributed by atoms with Crippen molar-refractivity contribution >= 4 is 31.0 Å². The van der Waals surface area contributed by atoms with Crippen LogP contribution in [0.3, 0.4) is 0 Å². The molecule has 1 atom stereocenters. The number of nitrogens with zero attached hydrogens (tertiary/aromatic N) is 2. The number of hydrogen-bond acceptors (Lipinski definition) is 2. The van der Waals surface area contributed by atoms with Crippen molar-refractivity contribution in [3.05, 3.63) is 70.7 Å². The molecule has 0 spiro atoms. The van der Waals surface area contributed by atoms with E-state index < -0.39 is 0 Å². The molecule has 1 saturated heterocycles. The quantitative estimate of drug-likeness (QED) is 0.773. The van der Waals surface area contributed by atoms with Crippen molar-refractivity contribution < 1.29 is 4.79 Å². The highest BCUT2D eigenvalue weighted by Gasteiger charge is 2.26. The van der Waals surface area contributed by atoms with E-state index in [1.807, 2.05) is 30.1 Å². The maximum atomic E-state index is 12.9. The predicted molar refractivity (Wildman–Crippen MR) is 109 cm³/mol. The van der Waals surface area contributed by atoms with Crippen LogP contribution in [0.25, 0.3) is 0 Å². The molecule has 2 aromatic carbocycles. The summed E-state index contributed by atoms with van der Waals surface area (Å²) in [5.41, 5.74) is 1.85. The van der Waals surface area contributed by atoms with E-state index in [2.05, 4.69) is 17.0 Å². The molecule has 0 N–H and O–H groups in total. The summed E-state index contributed by atoms with van der Waals surface area (Å²) < 4.78 is 0. The molecule has 1 aliphatic heterocycles. The fraction of sp³-hybridized carbons (Fsp3) is 0.350. The monoisotopic (exact) mass is 376 g/mol. The molecule has 0 bridgehead atoms. The Morgan fingerprint density at radius 1 is 1.08 bits per heavy atom. The Kier molecular flexibility index (Phi) is 7.36. The second-order valence-electron chi connectivity index (χ2n) is 6.36. The highest BCUT2D eigenvalue weighted by atomic mass is 35.5. The van der Waals surface area contributed by atoms with Gasteiger partial charge in [-0.3, -0.25) is 4.79 Å². The Bertz CT molecular complexity index is 672. The number of likely N-dealkylation sites (N-methyl/N-ethyl adjacent to an activating group) is 1. The molecule has 0 saturated carbocycles. The third-order valence-corrected chi connectivity index (χ3v) is 4.95. The van der Waals surface area contributed by atoms with Gasteiger partial charge in [0.05, 0.1) is 6.04 Å². The van der Waals surface area contributed by atoms with Crippen molar-refractivity contribution in [3.63, 3.8) is 0 Å². The molecule has 3 rings (SSSR count). The van der Waals surface area contributed by atoms with Gasteiger partial charge < -0.3 is 9.80 Å². The Balaban J connectivity index is 0.00000225. The molecule has 5 heteroatoms. The molecule has 1 amide bonds. The average molecular weight is 377 g/mol. The van der Waals surface area contributed by atoms with Gasteiger partial charge in [-0.05, 0) is 55.8 Å². The Morgan fingerprint density at radius 3 is 2.28 bits per heavy atom. The number of halogens is 1. The zero-order valence-corrected chi connectivity index (χ0v) is 16.2. The minimum absolute atomic E-state index is 0. The van der Waals surface area contributed by atoms with E-state index in [0.29, 0.717) is 10.6 Å². The molecule has 1 heterocycles. The first kappa shape index (κ1) is 19.8. The molecule has 0 aromatic heterocycles. The van der Waals surface area contributed by atoms with Gasteiger partial charge in [0.25, 0.3) is 5.91 Å². The Labute approximate surface area is 162 Å². The van der Waals surface area contributed by atoms with E-state index >= 15 is 0 Å². The fourth-order valence-corrected chi connectivity index (χ4v) is 3.40. The summed E-state index contributed by atoms with van der Waals surface area (Å²) in [6.07, 6.45) is 2.49. The molecule has 25 heavy (non-hydrogen) atoms. The first-order chi connectivity index (χ1) is 11.6. The molecule has 3 nitrogen and oxygen atoms in total.